The number of carbonyl (C=O) groups excluding carboxylic acids is 1. The molecule has 23 heavy (non-hydrogen) atoms. The van der Waals surface area contributed by atoms with Gasteiger partial charge in [-0.1, -0.05) is 18.2 Å². The number of aromatic nitrogens is 1. The van der Waals surface area contributed by atoms with Gasteiger partial charge in [0.25, 0.3) is 0 Å². The fourth-order valence-corrected chi connectivity index (χ4v) is 2.63. The van der Waals surface area contributed by atoms with Crippen LogP contribution in [0.1, 0.15) is 26.3 Å². The van der Waals surface area contributed by atoms with Crippen molar-refractivity contribution in [3.05, 3.63) is 48.2 Å². The number of carbonyl (C=O) groups is 1. The van der Waals surface area contributed by atoms with E-state index in [2.05, 4.69) is 33.4 Å². The molecule has 2 aromatic rings. The summed E-state index contributed by atoms with van der Waals surface area (Å²) in [6, 6.07) is 12.1. The third-order valence-corrected chi connectivity index (χ3v) is 3.58. The first-order valence-electron chi connectivity index (χ1n) is 7.74. The maximum absolute atomic E-state index is 11.7. The minimum absolute atomic E-state index is 0.482. The number of nitrogens with zero attached hydrogens (tertiary/aromatic N) is 2. The Labute approximate surface area is 136 Å². The highest BCUT2D eigenvalue weighted by molar-refractivity contribution is 5.84. The number of amides is 1. The molecule has 1 aromatic heterocycles. The van der Waals surface area contributed by atoms with E-state index in [4.69, 9.17) is 4.74 Å². The third-order valence-electron chi connectivity index (χ3n) is 3.58. The second kappa shape index (κ2) is 5.91. The quantitative estimate of drug-likeness (QED) is 0.906. The largest absolute Gasteiger partial charge is 0.444 e. The smallest absolute Gasteiger partial charge is 0.413 e. The number of hydrogen-bond donors (Lipinski definition) is 1. The first-order valence-corrected chi connectivity index (χ1v) is 7.74. The molecule has 0 fully saturated rings. The molecule has 0 atom stereocenters. The van der Waals surface area contributed by atoms with Crippen molar-refractivity contribution in [2.75, 3.05) is 16.8 Å². The molecule has 1 amide bonds. The summed E-state index contributed by atoms with van der Waals surface area (Å²) in [5.41, 5.74) is 3.07. The van der Waals surface area contributed by atoms with E-state index in [9.17, 15) is 4.79 Å². The number of para-hydroxylation sites is 1. The number of anilines is 3. The van der Waals surface area contributed by atoms with E-state index in [1.54, 1.807) is 12.3 Å². The number of nitrogens with one attached hydrogen (secondary N) is 1. The summed E-state index contributed by atoms with van der Waals surface area (Å²) in [7, 11) is 0. The van der Waals surface area contributed by atoms with Crippen LogP contribution in [-0.2, 0) is 11.2 Å². The molecular formula is C18H21N3O2. The van der Waals surface area contributed by atoms with Crippen LogP contribution in [0.5, 0.6) is 0 Å². The van der Waals surface area contributed by atoms with E-state index in [0.717, 1.165) is 18.7 Å². The molecule has 2 heterocycles. The van der Waals surface area contributed by atoms with E-state index >= 15 is 0 Å². The summed E-state index contributed by atoms with van der Waals surface area (Å²) in [5.74, 6) is 0.482. The van der Waals surface area contributed by atoms with E-state index < -0.39 is 11.7 Å². The van der Waals surface area contributed by atoms with Gasteiger partial charge < -0.3 is 9.64 Å². The Bertz CT molecular complexity index is 705. The Morgan fingerprint density at radius 3 is 2.70 bits per heavy atom. The van der Waals surface area contributed by atoms with Gasteiger partial charge in [-0.15, -0.1) is 0 Å². The average molecular weight is 311 g/mol. The first-order chi connectivity index (χ1) is 10.9. The Morgan fingerprint density at radius 2 is 2.00 bits per heavy atom. The number of fused-ring (bicyclic) bond motifs is 1. The lowest BCUT2D eigenvalue weighted by Crippen LogP contribution is -2.27. The van der Waals surface area contributed by atoms with Gasteiger partial charge in [0.15, 0.2) is 0 Å². The van der Waals surface area contributed by atoms with Crippen molar-refractivity contribution < 1.29 is 9.53 Å². The van der Waals surface area contributed by atoms with Gasteiger partial charge in [0.1, 0.15) is 11.4 Å². The molecule has 120 valence electrons. The van der Waals surface area contributed by atoms with Gasteiger partial charge in [0.05, 0.1) is 11.9 Å². The van der Waals surface area contributed by atoms with Gasteiger partial charge in [-0.25, -0.2) is 9.78 Å². The van der Waals surface area contributed by atoms with Crippen molar-refractivity contribution in [3.63, 3.8) is 0 Å². The summed E-state index contributed by atoms with van der Waals surface area (Å²) in [4.78, 5) is 18.3. The lowest BCUT2D eigenvalue weighted by atomic mass is 10.2. The van der Waals surface area contributed by atoms with E-state index in [-0.39, 0.29) is 0 Å². The van der Waals surface area contributed by atoms with Crippen molar-refractivity contribution in [3.8, 4) is 0 Å². The molecule has 5 heteroatoms. The number of hydrogen-bond acceptors (Lipinski definition) is 4. The van der Waals surface area contributed by atoms with Crippen LogP contribution in [0.15, 0.2) is 42.6 Å². The van der Waals surface area contributed by atoms with Gasteiger partial charge in [-0.3, -0.25) is 5.32 Å². The van der Waals surface area contributed by atoms with Gasteiger partial charge in [-0.05, 0) is 51.0 Å². The monoisotopic (exact) mass is 311 g/mol. The molecule has 0 aliphatic carbocycles. The van der Waals surface area contributed by atoms with Gasteiger partial charge >= 0.3 is 6.09 Å². The summed E-state index contributed by atoms with van der Waals surface area (Å²) < 4.78 is 5.22. The normalized spacial score (nSPS) is 13.6. The molecule has 1 aliphatic rings. The highest BCUT2D eigenvalue weighted by Gasteiger charge is 2.20. The van der Waals surface area contributed by atoms with E-state index in [1.165, 1.54) is 11.3 Å². The molecule has 1 N–H and O–H groups in total. The molecule has 0 spiro atoms. The SMILES string of the molecule is CC(C)(C)OC(=O)Nc1ccc(N2CCc3ccccc32)cn1. The van der Waals surface area contributed by atoms with Crippen LogP contribution in [0.25, 0.3) is 0 Å². The predicted octanol–water partition coefficient (Wildman–Crippen LogP) is 4.12. The first kappa shape index (κ1) is 15.3. The molecular weight excluding hydrogens is 290 g/mol. The van der Waals surface area contributed by atoms with Crippen LogP contribution < -0.4 is 10.2 Å². The fraction of sp³-hybridized carbons (Fsp3) is 0.333. The van der Waals surface area contributed by atoms with Crippen LogP contribution in [0.3, 0.4) is 0 Å². The maximum Gasteiger partial charge on any atom is 0.413 e. The molecule has 1 aromatic carbocycles. The lowest BCUT2D eigenvalue weighted by Gasteiger charge is -2.20. The summed E-state index contributed by atoms with van der Waals surface area (Å²) in [5, 5.41) is 2.64. The summed E-state index contributed by atoms with van der Waals surface area (Å²) >= 11 is 0. The van der Waals surface area contributed by atoms with Crippen LogP contribution >= 0.6 is 0 Å². The topological polar surface area (TPSA) is 54.5 Å². The Hall–Kier alpha value is -2.56. The average Bonchev–Trinajstić information content (AvgIpc) is 2.90. The highest BCUT2D eigenvalue weighted by Crippen LogP contribution is 2.33. The molecule has 3 rings (SSSR count). The van der Waals surface area contributed by atoms with Crippen LogP contribution in [-0.4, -0.2) is 23.2 Å². The summed E-state index contributed by atoms with van der Waals surface area (Å²) in [6.45, 7) is 6.43. The van der Waals surface area contributed by atoms with Crippen LogP contribution in [0, 0.1) is 0 Å². The van der Waals surface area contributed by atoms with Crippen molar-refractivity contribution in [1.82, 2.24) is 4.98 Å². The minimum atomic E-state index is -0.525. The van der Waals surface area contributed by atoms with E-state index in [0.29, 0.717) is 5.82 Å². The van der Waals surface area contributed by atoms with Gasteiger partial charge in [0.2, 0.25) is 0 Å². The second-order valence-corrected chi connectivity index (χ2v) is 6.56. The zero-order valence-corrected chi connectivity index (χ0v) is 13.7. The molecule has 0 unspecified atom stereocenters. The molecule has 0 bridgehead atoms. The lowest BCUT2D eigenvalue weighted by molar-refractivity contribution is 0.0635. The number of benzene rings is 1. The molecule has 5 nitrogen and oxygen atoms in total. The van der Waals surface area contributed by atoms with Gasteiger partial charge in [0, 0.05) is 12.2 Å². The van der Waals surface area contributed by atoms with Crippen molar-refractivity contribution in [2.24, 2.45) is 0 Å². The van der Waals surface area contributed by atoms with Gasteiger partial charge in [-0.2, -0.15) is 0 Å². The Morgan fingerprint density at radius 1 is 1.22 bits per heavy atom. The fourth-order valence-electron chi connectivity index (χ4n) is 2.63. The maximum atomic E-state index is 11.7. The van der Waals surface area contributed by atoms with E-state index in [1.807, 2.05) is 32.9 Å². The standard InChI is InChI=1S/C18H21N3O2/c1-18(2,3)23-17(22)20-16-9-8-14(12-19-16)21-11-10-13-6-4-5-7-15(13)21/h4-9,12H,10-11H2,1-3H3,(H,19,20,22). The number of pyridine rings is 1. The molecule has 0 saturated heterocycles. The van der Waals surface area contributed by atoms with Crippen molar-refractivity contribution in [1.29, 1.82) is 0 Å². The Kier molecular flexibility index (Phi) is 3.94. The minimum Gasteiger partial charge on any atom is -0.444 e. The molecule has 1 aliphatic heterocycles. The number of ether oxygens (including phenoxy) is 1. The summed E-state index contributed by atoms with van der Waals surface area (Å²) in [6.07, 6.45) is 2.31. The van der Waals surface area contributed by atoms with Crippen LogP contribution in [0.2, 0.25) is 0 Å². The zero-order chi connectivity index (χ0) is 16.4. The van der Waals surface area contributed by atoms with Crippen LogP contribution in [0.4, 0.5) is 22.0 Å². The third kappa shape index (κ3) is 3.62. The number of rotatable bonds is 2. The van der Waals surface area contributed by atoms with Crippen molar-refractivity contribution >= 4 is 23.3 Å². The predicted molar refractivity (Wildman–Crippen MR) is 91.2 cm³/mol. The molecule has 0 radical (unpaired) electrons. The highest BCUT2D eigenvalue weighted by atomic mass is 16.6. The Balaban J connectivity index is 1.70. The molecule has 0 saturated carbocycles. The zero-order valence-electron chi connectivity index (χ0n) is 13.7. The second-order valence-electron chi connectivity index (χ2n) is 6.56. The van der Waals surface area contributed by atoms with Crippen molar-refractivity contribution in [2.45, 2.75) is 32.8 Å².